The van der Waals surface area contributed by atoms with Crippen molar-refractivity contribution in [2.75, 3.05) is 20.6 Å². The molecule has 152 valence electrons. The number of carboxylic acid groups (broad SMARTS) is 1. The van der Waals surface area contributed by atoms with E-state index in [1.54, 1.807) is 19.0 Å². The van der Waals surface area contributed by atoms with Crippen LogP contribution in [0.15, 0.2) is 60.7 Å². The molecule has 0 aliphatic rings. The third-order valence-electron chi connectivity index (χ3n) is 4.24. The van der Waals surface area contributed by atoms with Gasteiger partial charge in [0.05, 0.1) is 5.92 Å². The van der Waals surface area contributed by atoms with Gasteiger partial charge in [-0.2, -0.15) is 0 Å². The Bertz CT molecular complexity index is 666. The maximum atomic E-state index is 12.4. The lowest BCUT2D eigenvalue weighted by molar-refractivity contribution is -0.138. The lowest BCUT2D eigenvalue weighted by Crippen LogP contribution is -2.29. The van der Waals surface area contributed by atoms with Gasteiger partial charge in [0.2, 0.25) is 5.91 Å². The molecular weight excluding hydrogens is 354 g/mol. The molecule has 2 aromatic carbocycles. The molecular formula is C22H31N3O3. The third kappa shape index (κ3) is 7.90. The van der Waals surface area contributed by atoms with Gasteiger partial charge >= 0.3 is 5.97 Å². The van der Waals surface area contributed by atoms with E-state index in [1.165, 1.54) is 0 Å². The summed E-state index contributed by atoms with van der Waals surface area (Å²) in [5.74, 6) is -1.05. The van der Waals surface area contributed by atoms with Crippen molar-refractivity contribution in [2.24, 2.45) is 11.5 Å². The largest absolute Gasteiger partial charge is 0.480 e. The Morgan fingerprint density at radius 2 is 1.39 bits per heavy atom. The van der Waals surface area contributed by atoms with Crippen LogP contribution in [0.1, 0.15) is 36.3 Å². The van der Waals surface area contributed by atoms with Crippen LogP contribution in [-0.4, -0.2) is 48.6 Å². The van der Waals surface area contributed by atoms with Crippen LogP contribution in [-0.2, 0) is 9.59 Å². The Balaban J connectivity index is 0.000000336. The van der Waals surface area contributed by atoms with E-state index in [-0.39, 0.29) is 11.8 Å². The van der Waals surface area contributed by atoms with Crippen molar-refractivity contribution in [1.82, 2.24) is 4.90 Å². The second kappa shape index (κ2) is 12.6. The standard InChI is InChI=1S/C16H17NO.C6H14N2O2/c1-17(2)16(18)15(13-9-5-3-6-10-13)14-11-7-4-8-12-14;7-4-2-1-3-5(8)6(9)10/h3-12,15H,1-2H3;5H,1-4,7-8H2,(H,9,10)/t;5-/m.0/s1. The maximum Gasteiger partial charge on any atom is 0.320 e. The molecule has 28 heavy (non-hydrogen) atoms. The number of nitrogens with zero attached hydrogens (tertiary/aromatic N) is 1. The van der Waals surface area contributed by atoms with Crippen molar-refractivity contribution < 1.29 is 14.7 Å². The normalized spacial score (nSPS) is 11.3. The number of unbranched alkanes of at least 4 members (excludes halogenated alkanes) is 1. The number of aliphatic carboxylic acids is 1. The molecule has 0 aromatic heterocycles. The van der Waals surface area contributed by atoms with Crippen LogP contribution < -0.4 is 11.5 Å². The zero-order valence-corrected chi connectivity index (χ0v) is 16.6. The highest BCUT2D eigenvalue weighted by atomic mass is 16.4. The topological polar surface area (TPSA) is 110 Å². The van der Waals surface area contributed by atoms with Crippen molar-refractivity contribution in [3.8, 4) is 0 Å². The van der Waals surface area contributed by atoms with Crippen molar-refractivity contribution in [3.63, 3.8) is 0 Å². The average molecular weight is 386 g/mol. The number of benzene rings is 2. The highest BCUT2D eigenvalue weighted by Gasteiger charge is 2.23. The molecule has 0 radical (unpaired) electrons. The molecule has 0 aliphatic heterocycles. The van der Waals surface area contributed by atoms with Gasteiger partial charge in [0, 0.05) is 14.1 Å². The second-order valence-corrected chi connectivity index (χ2v) is 6.72. The molecule has 0 bridgehead atoms. The molecule has 6 nitrogen and oxygen atoms in total. The van der Waals surface area contributed by atoms with Crippen LogP contribution in [0.25, 0.3) is 0 Å². The molecule has 5 N–H and O–H groups in total. The van der Waals surface area contributed by atoms with E-state index >= 15 is 0 Å². The first-order valence-electron chi connectivity index (χ1n) is 9.38. The van der Waals surface area contributed by atoms with E-state index in [0.717, 1.165) is 24.0 Å². The molecule has 0 aliphatic carbocycles. The molecule has 2 rings (SSSR count). The lowest BCUT2D eigenvalue weighted by atomic mass is 9.90. The molecule has 2 aromatic rings. The summed E-state index contributed by atoms with van der Waals surface area (Å²) in [5.41, 5.74) is 12.5. The lowest BCUT2D eigenvalue weighted by Gasteiger charge is -2.21. The zero-order chi connectivity index (χ0) is 20.9. The highest BCUT2D eigenvalue weighted by Crippen LogP contribution is 2.25. The summed E-state index contributed by atoms with van der Waals surface area (Å²) in [6.45, 7) is 0.604. The van der Waals surface area contributed by atoms with Crippen molar-refractivity contribution >= 4 is 11.9 Å². The number of amides is 1. The Morgan fingerprint density at radius 3 is 1.75 bits per heavy atom. The number of rotatable bonds is 8. The van der Waals surface area contributed by atoms with Crippen molar-refractivity contribution in [2.45, 2.75) is 31.2 Å². The molecule has 6 heteroatoms. The van der Waals surface area contributed by atoms with Crippen LogP contribution >= 0.6 is 0 Å². The van der Waals surface area contributed by atoms with Crippen molar-refractivity contribution in [1.29, 1.82) is 0 Å². The summed E-state index contributed by atoms with van der Waals surface area (Å²) < 4.78 is 0. The van der Waals surface area contributed by atoms with Gasteiger partial charge in [0.15, 0.2) is 0 Å². The first kappa shape index (κ1) is 23.3. The first-order chi connectivity index (χ1) is 13.4. The average Bonchev–Trinajstić information content (AvgIpc) is 2.70. The van der Waals surface area contributed by atoms with E-state index in [4.69, 9.17) is 16.6 Å². The fourth-order valence-corrected chi connectivity index (χ4v) is 2.66. The molecule has 1 amide bonds. The minimum Gasteiger partial charge on any atom is -0.480 e. The Labute approximate surface area is 167 Å². The number of carboxylic acids is 1. The first-order valence-corrected chi connectivity index (χ1v) is 9.38. The van der Waals surface area contributed by atoms with E-state index < -0.39 is 12.0 Å². The number of likely N-dealkylation sites (N-methyl/N-ethyl adjacent to an activating group) is 1. The molecule has 1 atom stereocenters. The predicted octanol–water partition coefficient (Wildman–Crippen LogP) is 2.43. The fourth-order valence-electron chi connectivity index (χ4n) is 2.66. The zero-order valence-electron chi connectivity index (χ0n) is 16.6. The number of carbonyl (C=O) groups is 2. The summed E-state index contributed by atoms with van der Waals surface area (Å²) in [4.78, 5) is 24.2. The van der Waals surface area contributed by atoms with Gasteiger partial charge in [-0.15, -0.1) is 0 Å². The summed E-state index contributed by atoms with van der Waals surface area (Å²) in [7, 11) is 3.59. The van der Waals surface area contributed by atoms with Gasteiger partial charge in [0.25, 0.3) is 0 Å². The number of nitrogens with two attached hydrogens (primary N) is 2. The smallest absolute Gasteiger partial charge is 0.320 e. The van der Waals surface area contributed by atoms with Crippen LogP contribution in [0.2, 0.25) is 0 Å². The van der Waals surface area contributed by atoms with Gasteiger partial charge in [-0.1, -0.05) is 67.1 Å². The second-order valence-electron chi connectivity index (χ2n) is 6.72. The quantitative estimate of drug-likeness (QED) is 0.605. The third-order valence-corrected chi connectivity index (χ3v) is 4.24. The number of carbonyl (C=O) groups excluding carboxylic acids is 1. The van der Waals surface area contributed by atoms with E-state index in [9.17, 15) is 9.59 Å². The van der Waals surface area contributed by atoms with E-state index in [1.807, 2.05) is 60.7 Å². The Kier molecular flexibility index (Phi) is 10.5. The molecule has 0 fully saturated rings. The van der Waals surface area contributed by atoms with Gasteiger partial charge in [-0.3, -0.25) is 9.59 Å². The van der Waals surface area contributed by atoms with Crippen LogP contribution in [0, 0.1) is 0 Å². The molecule has 0 heterocycles. The summed E-state index contributed by atoms with van der Waals surface area (Å²) >= 11 is 0. The summed E-state index contributed by atoms with van der Waals surface area (Å²) in [6, 6.07) is 19.1. The van der Waals surface area contributed by atoms with E-state index in [0.29, 0.717) is 13.0 Å². The van der Waals surface area contributed by atoms with Gasteiger partial charge in [-0.05, 0) is 30.5 Å². The SMILES string of the molecule is CN(C)C(=O)C(c1ccccc1)c1ccccc1.NCCCC[C@H](N)C(=O)O. The Morgan fingerprint density at radius 1 is 0.929 bits per heavy atom. The molecule has 0 saturated carbocycles. The van der Waals surface area contributed by atoms with Crippen LogP contribution in [0.5, 0.6) is 0 Å². The van der Waals surface area contributed by atoms with Crippen LogP contribution in [0.4, 0.5) is 0 Å². The summed E-state index contributed by atoms with van der Waals surface area (Å²) in [5, 5.41) is 8.33. The summed E-state index contributed by atoms with van der Waals surface area (Å²) in [6.07, 6.45) is 2.16. The molecule has 0 unspecified atom stereocenters. The van der Waals surface area contributed by atoms with Crippen molar-refractivity contribution in [3.05, 3.63) is 71.8 Å². The number of hydrogen-bond acceptors (Lipinski definition) is 4. The minimum absolute atomic E-state index is 0.104. The monoisotopic (exact) mass is 385 g/mol. The van der Waals surface area contributed by atoms with E-state index in [2.05, 4.69) is 0 Å². The molecule has 0 saturated heterocycles. The maximum absolute atomic E-state index is 12.4. The van der Waals surface area contributed by atoms with Crippen LogP contribution in [0.3, 0.4) is 0 Å². The Hall–Kier alpha value is -2.70. The van der Waals surface area contributed by atoms with Gasteiger partial charge in [-0.25, -0.2) is 0 Å². The minimum atomic E-state index is -0.933. The fraction of sp³-hybridized carbons (Fsp3) is 0.364. The van der Waals surface area contributed by atoms with Gasteiger partial charge < -0.3 is 21.5 Å². The molecule has 0 spiro atoms. The highest BCUT2D eigenvalue weighted by molar-refractivity contribution is 5.86. The predicted molar refractivity (Wildman–Crippen MR) is 112 cm³/mol. The van der Waals surface area contributed by atoms with Gasteiger partial charge in [0.1, 0.15) is 6.04 Å². The number of hydrogen-bond donors (Lipinski definition) is 3.